The van der Waals surface area contributed by atoms with Crippen LogP contribution in [0.5, 0.6) is 0 Å². The van der Waals surface area contributed by atoms with Crippen molar-refractivity contribution in [2.24, 2.45) is 0 Å². The zero-order valence-electron chi connectivity index (χ0n) is 14.1. The largest absolute Gasteiger partial charge is 0.452 e. The summed E-state index contributed by atoms with van der Waals surface area (Å²) < 4.78 is 31.5. The third-order valence-electron chi connectivity index (χ3n) is 3.48. The Morgan fingerprint density at radius 3 is 2.78 bits per heavy atom. The summed E-state index contributed by atoms with van der Waals surface area (Å²) in [5.74, 6) is -3.01. The first kappa shape index (κ1) is 19.1. The molecule has 27 heavy (non-hydrogen) atoms. The molecule has 0 fully saturated rings. The number of rotatable bonds is 6. The molecule has 0 unspecified atom stereocenters. The molecular weight excluding hydrogens is 394 g/mol. The molecule has 0 aliphatic carbocycles. The lowest BCUT2D eigenvalue weighted by Gasteiger charge is -2.13. The van der Waals surface area contributed by atoms with Gasteiger partial charge in [0.1, 0.15) is 16.6 Å². The summed E-state index contributed by atoms with van der Waals surface area (Å²) in [6, 6.07) is 6.62. The maximum atomic E-state index is 13.6. The number of anilines is 1. The second-order valence-electron chi connectivity index (χ2n) is 5.54. The van der Waals surface area contributed by atoms with E-state index in [1.165, 1.54) is 18.3 Å². The summed E-state index contributed by atoms with van der Waals surface area (Å²) >= 11 is 2.97. The standard InChI is InChI=1S/C18H14F2N2O3S2/c1-10(17(24)22-14-5-4-11(19)7-13(14)20)25-16(23)8-12-9-27-18(21-12)15-3-2-6-26-15/h2-7,9-10H,8H2,1H3,(H,22,24)/t10-/m1/s1. The lowest BCUT2D eigenvalue weighted by molar-refractivity contribution is -0.152. The van der Waals surface area contributed by atoms with Gasteiger partial charge in [-0.25, -0.2) is 13.8 Å². The molecule has 0 radical (unpaired) electrons. The van der Waals surface area contributed by atoms with Crippen LogP contribution in [0.2, 0.25) is 0 Å². The molecule has 0 aliphatic heterocycles. The number of ether oxygens (including phenoxy) is 1. The van der Waals surface area contributed by atoms with Gasteiger partial charge in [-0.3, -0.25) is 9.59 Å². The fourth-order valence-corrected chi connectivity index (χ4v) is 3.80. The van der Waals surface area contributed by atoms with Crippen LogP contribution >= 0.6 is 22.7 Å². The number of halogens is 2. The molecule has 0 saturated carbocycles. The number of thiazole rings is 1. The Balaban J connectivity index is 1.54. The highest BCUT2D eigenvalue weighted by Crippen LogP contribution is 2.28. The SMILES string of the molecule is C[C@@H](OC(=O)Cc1csc(-c2cccs2)n1)C(=O)Nc1ccc(F)cc1F. The van der Waals surface area contributed by atoms with Gasteiger partial charge in [0.15, 0.2) is 6.10 Å². The summed E-state index contributed by atoms with van der Waals surface area (Å²) in [5.41, 5.74) is 0.356. The number of aromatic nitrogens is 1. The van der Waals surface area contributed by atoms with E-state index in [2.05, 4.69) is 10.3 Å². The minimum Gasteiger partial charge on any atom is -0.452 e. The molecule has 140 valence electrons. The van der Waals surface area contributed by atoms with E-state index in [1.807, 2.05) is 17.5 Å². The molecule has 9 heteroatoms. The molecule has 0 spiro atoms. The van der Waals surface area contributed by atoms with Gasteiger partial charge in [-0.15, -0.1) is 22.7 Å². The van der Waals surface area contributed by atoms with Gasteiger partial charge in [0.2, 0.25) is 0 Å². The van der Waals surface area contributed by atoms with E-state index in [-0.39, 0.29) is 12.1 Å². The minimum atomic E-state index is -1.14. The molecule has 1 atom stereocenters. The third kappa shape index (κ3) is 4.95. The number of nitrogens with zero attached hydrogens (tertiary/aromatic N) is 1. The molecule has 1 N–H and O–H groups in total. The van der Waals surface area contributed by atoms with E-state index in [1.54, 1.807) is 16.7 Å². The summed E-state index contributed by atoms with van der Waals surface area (Å²) in [6.45, 7) is 1.37. The van der Waals surface area contributed by atoms with Crippen molar-refractivity contribution < 1.29 is 23.1 Å². The van der Waals surface area contributed by atoms with E-state index < -0.39 is 29.6 Å². The predicted molar refractivity (Wildman–Crippen MR) is 99.7 cm³/mol. The van der Waals surface area contributed by atoms with Gasteiger partial charge < -0.3 is 10.1 Å². The fraction of sp³-hybridized carbons (Fsp3) is 0.167. The highest BCUT2D eigenvalue weighted by molar-refractivity contribution is 7.20. The van der Waals surface area contributed by atoms with Crippen LogP contribution in [0.3, 0.4) is 0 Å². The van der Waals surface area contributed by atoms with Gasteiger partial charge in [-0.05, 0) is 30.5 Å². The van der Waals surface area contributed by atoms with Crippen LogP contribution in [0.1, 0.15) is 12.6 Å². The van der Waals surface area contributed by atoms with Crippen LogP contribution in [0.4, 0.5) is 14.5 Å². The quantitative estimate of drug-likeness (QED) is 0.619. The minimum absolute atomic E-state index is 0.0790. The summed E-state index contributed by atoms with van der Waals surface area (Å²) in [5, 5.41) is 6.77. The third-order valence-corrected chi connectivity index (χ3v) is 5.41. The van der Waals surface area contributed by atoms with Crippen LogP contribution in [0.15, 0.2) is 41.1 Å². The second-order valence-corrected chi connectivity index (χ2v) is 7.35. The molecule has 0 bridgehead atoms. The van der Waals surface area contributed by atoms with Crippen molar-refractivity contribution in [3.05, 3.63) is 58.4 Å². The molecule has 1 amide bonds. The van der Waals surface area contributed by atoms with E-state index in [0.29, 0.717) is 11.8 Å². The number of hydrogen-bond donors (Lipinski definition) is 1. The van der Waals surface area contributed by atoms with E-state index in [4.69, 9.17) is 4.74 Å². The molecule has 0 aliphatic rings. The molecule has 2 heterocycles. The van der Waals surface area contributed by atoms with Crippen molar-refractivity contribution in [3.63, 3.8) is 0 Å². The van der Waals surface area contributed by atoms with Gasteiger partial charge in [0, 0.05) is 11.4 Å². The highest BCUT2D eigenvalue weighted by atomic mass is 32.1. The van der Waals surface area contributed by atoms with Crippen LogP contribution in [-0.4, -0.2) is 23.0 Å². The topological polar surface area (TPSA) is 68.3 Å². The van der Waals surface area contributed by atoms with Gasteiger partial charge >= 0.3 is 5.97 Å². The Morgan fingerprint density at radius 1 is 1.26 bits per heavy atom. The monoisotopic (exact) mass is 408 g/mol. The Hall–Kier alpha value is -2.65. The maximum absolute atomic E-state index is 13.6. The fourth-order valence-electron chi connectivity index (χ4n) is 2.17. The number of thiophene rings is 1. The number of amides is 1. The summed E-state index contributed by atoms with van der Waals surface area (Å²) in [7, 11) is 0. The van der Waals surface area contributed by atoms with Crippen LogP contribution in [0.25, 0.3) is 9.88 Å². The first-order valence-corrected chi connectivity index (χ1v) is 9.62. The number of benzene rings is 1. The van der Waals surface area contributed by atoms with Gasteiger partial charge in [0.05, 0.1) is 22.7 Å². The normalized spacial score (nSPS) is 11.8. The zero-order valence-corrected chi connectivity index (χ0v) is 15.7. The molecule has 3 aromatic rings. The van der Waals surface area contributed by atoms with Gasteiger partial charge in [0.25, 0.3) is 5.91 Å². The summed E-state index contributed by atoms with van der Waals surface area (Å²) in [4.78, 5) is 29.4. The molecular formula is C18H14F2N2O3S2. The van der Waals surface area contributed by atoms with Gasteiger partial charge in [-0.2, -0.15) is 0 Å². The number of nitrogens with one attached hydrogen (secondary N) is 1. The van der Waals surface area contributed by atoms with Crippen molar-refractivity contribution in [2.45, 2.75) is 19.4 Å². The average Bonchev–Trinajstić information content (AvgIpc) is 3.28. The Kier molecular flexibility index (Phi) is 5.92. The molecule has 0 saturated heterocycles. The zero-order chi connectivity index (χ0) is 19.4. The first-order valence-electron chi connectivity index (χ1n) is 7.86. The lowest BCUT2D eigenvalue weighted by atomic mass is 10.2. The number of esters is 1. The predicted octanol–water partition coefficient (Wildman–Crippen LogP) is 4.26. The van der Waals surface area contributed by atoms with E-state index in [0.717, 1.165) is 22.0 Å². The van der Waals surface area contributed by atoms with Gasteiger partial charge in [-0.1, -0.05) is 6.07 Å². The molecule has 3 rings (SSSR count). The second kappa shape index (κ2) is 8.36. The van der Waals surface area contributed by atoms with Crippen molar-refractivity contribution in [1.82, 2.24) is 4.98 Å². The maximum Gasteiger partial charge on any atom is 0.312 e. The smallest absolute Gasteiger partial charge is 0.312 e. The Morgan fingerprint density at radius 2 is 2.07 bits per heavy atom. The highest BCUT2D eigenvalue weighted by Gasteiger charge is 2.20. The molecule has 1 aromatic carbocycles. The van der Waals surface area contributed by atoms with Crippen molar-refractivity contribution in [3.8, 4) is 9.88 Å². The molecule has 2 aromatic heterocycles. The summed E-state index contributed by atoms with van der Waals surface area (Å²) in [6.07, 6.45) is -1.22. The molecule has 5 nitrogen and oxygen atoms in total. The Bertz CT molecular complexity index is 957. The van der Waals surface area contributed by atoms with Crippen molar-refractivity contribution >= 4 is 40.2 Å². The number of carbonyl (C=O) groups excluding carboxylic acids is 2. The van der Waals surface area contributed by atoms with Crippen molar-refractivity contribution in [2.75, 3.05) is 5.32 Å². The number of carbonyl (C=O) groups is 2. The lowest BCUT2D eigenvalue weighted by Crippen LogP contribution is -2.30. The average molecular weight is 408 g/mol. The van der Waals surface area contributed by atoms with E-state index >= 15 is 0 Å². The van der Waals surface area contributed by atoms with Crippen LogP contribution in [0, 0.1) is 11.6 Å². The first-order chi connectivity index (χ1) is 12.9. The Labute approximate surface area is 161 Å². The number of hydrogen-bond acceptors (Lipinski definition) is 6. The van der Waals surface area contributed by atoms with E-state index in [9.17, 15) is 18.4 Å². The van der Waals surface area contributed by atoms with Crippen LogP contribution < -0.4 is 5.32 Å². The van der Waals surface area contributed by atoms with Crippen LogP contribution in [-0.2, 0) is 20.7 Å². The van der Waals surface area contributed by atoms with Crippen molar-refractivity contribution in [1.29, 1.82) is 0 Å².